The molecule has 0 bridgehead atoms. The summed E-state index contributed by atoms with van der Waals surface area (Å²) in [5.41, 5.74) is 1.90. The van der Waals surface area contributed by atoms with Gasteiger partial charge in [0.05, 0.1) is 5.69 Å². The molecule has 18 heavy (non-hydrogen) atoms. The first kappa shape index (κ1) is 13.3. The van der Waals surface area contributed by atoms with Crippen LogP contribution in [0.1, 0.15) is 38.2 Å². The normalized spacial score (nSPS) is 16.7. The number of rotatable bonds is 4. The van der Waals surface area contributed by atoms with Crippen LogP contribution in [0.3, 0.4) is 0 Å². The molecule has 1 saturated heterocycles. The number of hydrogen-bond acceptors (Lipinski definition) is 2. The van der Waals surface area contributed by atoms with Crippen molar-refractivity contribution in [3.05, 3.63) is 29.6 Å². The van der Waals surface area contributed by atoms with E-state index in [0.29, 0.717) is 0 Å². The number of nitrogens with zero attached hydrogens (tertiary/aromatic N) is 1. The molecule has 0 spiro atoms. The fourth-order valence-corrected chi connectivity index (χ4v) is 2.61. The molecule has 100 valence electrons. The molecule has 0 saturated carbocycles. The molecule has 2 rings (SSSR count). The largest absolute Gasteiger partial charge is 0.369 e. The summed E-state index contributed by atoms with van der Waals surface area (Å²) in [6.45, 7) is 5.71. The minimum atomic E-state index is -0.0766. The van der Waals surface area contributed by atoms with Gasteiger partial charge in [-0.3, -0.25) is 0 Å². The van der Waals surface area contributed by atoms with E-state index in [2.05, 4.69) is 17.1 Å². The van der Waals surface area contributed by atoms with Crippen molar-refractivity contribution in [3.8, 4) is 0 Å². The van der Waals surface area contributed by atoms with Gasteiger partial charge in [-0.15, -0.1) is 0 Å². The Kier molecular flexibility index (Phi) is 5.00. The first-order chi connectivity index (χ1) is 8.83. The zero-order valence-electron chi connectivity index (χ0n) is 11.2. The van der Waals surface area contributed by atoms with Gasteiger partial charge in [0, 0.05) is 19.6 Å². The third-order valence-corrected chi connectivity index (χ3v) is 3.56. The lowest BCUT2D eigenvalue weighted by atomic mass is 10.1. The smallest absolute Gasteiger partial charge is 0.146 e. The number of para-hydroxylation sites is 1. The van der Waals surface area contributed by atoms with Crippen molar-refractivity contribution >= 4 is 5.69 Å². The minimum absolute atomic E-state index is 0.0766. The molecule has 0 aromatic heterocycles. The molecule has 1 aromatic carbocycles. The van der Waals surface area contributed by atoms with Crippen LogP contribution >= 0.6 is 0 Å². The van der Waals surface area contributed by atoms with E-state index in [1.807, 2.05) is 12.1 Å². The standard InChI is InChI=1S/C15H23FN2/c1-2-17-12-13-8-7-9-14(16)15(13)18-10-5-3-4-6-11-18/h7-9,17H,2-6,10-12H2,1H3. The molecular formula is C15H23FN2. The van der Waals surface area contributed by atoms with Crippen LogP contribution < -0.4 is 10.2 Å². The second kappa shape index (κ2) is 6.74. The second-order valence-corrected chi connectivity index (χ2v) is 4.93. The molecule has 1 aromatic rings. The lowest BCUT2D eigenvalue weighted by Crippen LogP contribution is -2.27. The highest BCUT2D eigenvalue weighted by atomic mass is 19.1. The number of nitrogens with one attached hydrogen (secondary N) is 1. The van der Waals surface area contributed by atoms with Crippen LogP contribution in [0.4, 0.5) is 10.1 Å². The van der Waals surface area contributed by atoms with Gasteiger partial charge in [0.2, 0.25) is 0 Å². The molecule has 3 heteroatoms. The van der Waals surface area contributed by atoms with Gasteiger partial charge in [-0.1, -0.05) is 31.9 Å². The lowest BCUT2D eigenvalue weighted by molar-refractivity contribution is 0.609. The van der Waals surface area contributed by atoms with E-state index in [1.165, 1.54) is 25.7 Å². The van der Waals surface area contributed by atoms with E-state index in [1.54, 1.807) is 6.07 Å². The number of halogens is 1. The summed E-state index contributed by atoms with van der Waals surface area (Å²) in [5, 5.41) is 3.29. The molecule has 1 heterocycles. The van der Waals surface area contributed by atoms with Crippen molar-refractivity contribution in [2.75, 3.05) is 24.5 Å². The molecule has 1 aliphatic rings. The van der Waals surface area contributed by atoms with Crippen molar-refractivity contribution in [2.24, 2.45) is 0 Å². The maximum Gasteiger partial charge on any atom is 0.146 e. The van der Waals surface area contributed by atoms with Crippen LogP contribution in [0.15, 0.2) is 18.2 Å². The second-order valence-electron chi connectivity index (χ2n) is 4.93. The topological polar surface area (TPSA) is 15.3 Å². The van der Waals surface area contributed by atoms with E-state index in [0.717, 1.165) is 37.4 Å². The third-order valence-electron chi connectivity index (χ3n) is 3.56. The Morgan fingerprint density at radius 2 is 1.89 bits per heavy atom. The molecule has 2 nitrogen and oxygen atoms in total. The summed E-state index contributed by atoms with van der Waals surface area (Å²) in [6.07, 6.45) is 4.89. The third kappa shape index (κ3) is 3.22. The Balaban J connectivity index is 2.22. The molecule has 0 amide bonds. The first-order valence-electron chi connectivity index (χ1n) is 7.06. The number of anilines is 1. The van der Waals surface area contributed by atoms with Crippen molar-refractivity contribution in [3.63, 3.8) is 0 Å². The SMILES string of the molecule is CCNCc1cccc(F)c1N1CCCCCC1. The molecule has 0 atom stereocenters. The van der Waals surface area contributed by atoms with Gasteiger partial charge in [-0.25, -0.2) is 4.39 Å². The van der Waals surface area contributed by atoms with Crippen LogP contribution in [-0.2, 0) is 6.54 Å². The zero-order valence-corrected chi connectivity index (χ0v) is 11.2. The monoisotopic (exact) mass is 250 g/mol. The Morgan fingerprint density at radius 1 is 1.17 bits per heavy atom. The first-order valence-corrected chi connectivity index (χ1v) is 7.06. The Morgan fingerprint density at radius 3 is 2.56 bits per heavy atom. The summed E-state index contributed by atoms with van der Waals surface area (Å²) in [5.74, 6) is -0.0766. The predicted octanol–water partition coefficient (Wildman–Crippen LogP) is 3.32. The summed E-state index contributed by atoms with van der Waals surface area (Å²) in [6, 6.07) is 5.42. The molecule has 0 unspecified atom stereocenters. The van der Waals surface area contributed by atoms with Gasteiger partial charge in [0.25, 0.3) is 0 Å². The van der Waals surface area contributed by atoms with Crippen molar-refractivity contribution in [1.82, 2.24) is 5.32 Å². The highest BCUT2D eigenvalue weighted by molar-refractivity contribution is 5.55. The zero-order chi connectivity index (χ0) is 12.8. The van der Waals surface area contributed by atoms with E-state index >= 15 is 0 Å². The summed E-state index contributed by atoms with van der Waals surface area (Å²) in [7, 11) is 0. The quantitative estimate of drug-likeness (QED) is 0.882. The van der Waals surface area contributed by atoms with Gasteiger partial charge < -0.3 is 10.2 Å². The highest BCUT2D eigenvalue weighted by Gasteiger charge is 2.17. The Labute approximate surface area is 109 Å². The Bertz CT molecular complexity index is 371. The number of benzene rings is 1. The van der Waals surface area contributed by atoms with Crippen LogP contribution in [-0.4, -0.2) is 19.6 Å². The summed E-state index contributed by atoms with van der Waals surface area (Å²) in [4.78, 5) is 2.23. The average molecular weight is 250 g/mol. The van der Waals surface area contributed by atoms with Crippen molar-refractivity contribution in [1.29, 1.82) is 0 Å². The molecule has 0 radical (unpaired) electrons. The lowest BCUT2D eigenvalue weighted by Gasteiger charge is -2.26. The maximum absolute atomic E-state index is 14.1. The fourth-order valence-electron chi connectivity index (χ4n) is 2.61. The summed E-state index contributed by atoms with van der Waals surface area (Å²) < 4.78 is 14.1. The van der Waals surface area contributed by atoms with E-state index < -0.39 is 0 Å². The van der Waals surface area contributed by atoms with Gasteiger partial charge >= 0.3 is 0 Å². The van der Waals surface area contributed by atoms with Crippen molar-refractivity contribution < 1.29 is 4.39 Å². The molecular weight excluding hydrogens is 227 g/mol. The average Bonchev–Trinajstić information content (AvgIpc) is 2.65. The maximum atomic E-state index is 14.1. The van der Waals surface area contributed by atoms with Crippen LogP contribution in [0, 0.1) is 5.82 Å². The van der Waals surface area contributed by atoms with Gasteiger partial charge in [-0.05, 0) is 31.0 Å². The molecule has 1 aliphatic heterocycles. The Hall–Kier alpha value is -1.09. The molecule has 1 fully saturated rings. The number of hydrogen-bond donors (Lipinski definition) is 1. The molecule has 0 aliphatic carbocycles. The predicted molar refractivity (Wildman–Crippen MR) is 74.5 cm³/mol. The van der Waals surface area contributed by atoms with E-state index in [-0.39, 0.29) is 5.82 Å². The van der Waals surface area contributed by atoms with Crippen molar-refractivity contribution in [2.45, 2.75) is 39.2 Å². The van der Waals surface area contributed by atoms with Crippen LogP contribution in [0.5, 0.6) is 0 Å². The fraction of sp³-hybridized carbons (Fsp3) is 0.600. The van der Waals surface area contributed by atoms with Crippen LogP contribution in [0.2, 0.25) is 0 Å². The summed E-state index contributed by atoms with van der Waals surface area (Å²) >= 11 is 0. The van der Waals surface area contributed by atoms with Crippen LogP contribution in [0.25, 0.3) is 0 Å². The van der Waals surface area contributed by atoms with E-state index in [9.17, 15) is 4.39 Å². The van der Waals surface area contributed by atoms with Gasteiger partial charge in [0.1, 0.15) is 5.82 Å². The molecule has 1 N–H and O–H groups in total. The highest BCUT2D eigenvalue weighted by Crippen LogP contribution is 2.27. The van der Waals surface area contributed by atoms with Gasteiger partial charge in [-0.2, -0.15) is 0 Å². The van der Waals surface area contributed by atoms with E-state index in [4.69, 9.17) is 0 Å². The minimum Gasteiger partial charge on any atom is -0.369 e. The van der Waals surface area contributed by atoms with Gasteiger partial charge in [0.15, 0.2) is 0 Å².